The quantitative estimate of drug-likeness (QED) is 0.598. The van der Waals surface area contributed by atoms with Crippen molar-refractivity contribution in [3.63, 3.8) is 0 Å². The molecule has 114 valence electrons. The molecule has 1 heterocycles. The van der Waals surface area contributed by atoms with Crippen molar-refractivity contribution >= 4 is 12.0 Å². The first-order chi connectivity index (χ1) is 9.62. The summed E-state index contributed by atoms with van der Waals surface area (Å²) in [5, 5.41) is 14.4. The molecule has 1 saturated carbocycles. The maximum Gasteiger partial charge on any atom is 0.329 e. The van der Waals surface area contributed by atoms with Crippen molar-refractivity contribution in [1.29, 1.82) is 0 Å². The Balaban J connectivity index is 1.59. The first-order valence-corrected chi connectivity index (χ1v) is 7.22. The monoisotopic (exact) mass is 285 g/mol. The van der Waals surface area contributed by atoms with Crippen LogP contribution in [0, 0.1) is 0 Å². The van der Waals surface area contributed by atoms with Crippen LogP contribution in [0.1, 0.15) is 25.7 Å². The number of carboxylic acid groups (broad SMARTS) is 1. The molecule has 0 spiro atoms. The minimum absolute atomic E-state index is 0.380. The van der Waals surface area contributed by atoms with Crippen LogP contribution in [0.5, 0.6) is 0 Å². The lowest BCUT2D eigenvalue weighted by Crippen LogP contribution is -2.61. The maximum atomic E-state index is 11.7. The summed E-state index contributed by atoms with van der Waals surface area (Å²) in [5.41, 5.74) is -1.03. The van der Waals surface area contributed by atoms with E-state index >= 15 is 0 Å². The molecule has 20 heavy (non-hydrogen) atoms. The van der Waals surface area contributed by atoms with E-state index in [0.717, 1.165) is 45.7 Å². The molecule has 0 aromatic carbocycles. The Morgan fingerprint density at radius 3 is 2.50 bits per heavy atom. The van der Waals surface area contributed by atoms with Crippen molar-refractivity contribution in [2.24, 2.45) is 0 Å². The summed E-state index contributed by atoms with van der Waals surface area (Å²) in [6.45, 7) is 4.90. The minimum atomic E-state index is -1.03. The zero-order chi connectivity index (χ0) is 14.4. The van der Waals surface area contributed by atoms with Crippen LogP contribution in [0.2, 0.25) is 0 Å². The Labute approximate surface area is 118 Å². The van der Waals surface area contributed by atoms with Crippen LogP contribution < -0.4 is 10.6 Å². The van der Waals surface area contributed by atoms with Gasteiger partial charge in [0.25, 0.3) is 0 Å². The predicted molar refractivity (Wildman–Crippen MR) is 72.6 cm³/mol. The van der Waals surface area contributed by atoms with Crippen molar-refractivity contribution in [3.05, 3.63) is 0 Å². The maximum absolute atomic E-state index is 11.7. The predicted octanol–water partition coefficient (Wildman–Crippen LogP) is 0.0152. The van der Waals surface area contributed by atoms with Gasteiger partial charge in [0.05, 0.1) is 13.2 Å². The van der Waals surface area contributed by atoms with Gasteiger partial charge in [0.2, 0.25) is 0 Å². The SMILES string of the molecule is O=C(NCCCN1CCOCC1)NC1(C(=O)O)CCC1. The number of aliphatic carboxylic acids is 1. The van der Waals surface area contributed by atoms with E-state index in [0.29, 0.717) is 19.4 Å². The van der Waals surface area contributed by atoms with Crippen LogP contribution in [0.4, 0.5) is 4.79 Å². The van der Waals surface area contributed by atoms with Crippen molar-refractivity contribution in [1.82, 2.24) is 15.5 Å². The number of hydrogen-bond donors (Lipinski definition) is 3. The third-order valence-corrected chi connectivity index (χ3v) is 4.01. The summed E-state index contributed by atoms with van der Waals surface area (Å²) < 4.78 is 5.26. The molecule has 0 unspecified atom stereocenters. The normalized spacial score (nSPS) is 21.8. The van der Waals surface area contributed by atoms with E-state index in [9.17, 15) is 9.59 Å². The van der Waals surface area contributed by atoms with Crippen molar-refractivity contribution in [2.75, 3.05) is 39.4 Å². The number of carbonyl (C=O) groups excluding carboxylic acids is 1. The van der Waals surface area contributed by atoms with Gasteiger partial charge in [-0.15, -0.1) is 0 Å². The molecule has 2 rings (SSSR count). The van der Waals surface area contributed by atoms with Crippen LogP contribution >= 0.6 is 0 Å². The van der Waals surface area contributed by atoms with Crippen LogP contribution in [-0.2, 0) is 9.53 Å². The first kappa shape index (κ1) is 15.1. The molecule has 2 fully saturated rings. The first-order valence-electron chi connectivity index (χ1n) is 7.22. The molecule has 0 atom stereocenters. The average Bonchev–Trinajstić information content (AvgIpc) is 2.40. The number of morpholine rings is 1. The standard InChI is InChI=1S/C13H23N3O4/c17-11(18)13(3-1-4-13)15-12(19)14-5-2-6-16-7-9-20-10-8-16/h1-10H2,(H,17,18)(H2,14,15,19). The number of amides is 2. The second-order valence-electron chi connectivity index (χ2n) is 5.43. The third-order valence-electron chi connectivity index (χ3n) is 4.01. The Hall–Kier alpha value is -1.34. The van der Waals surface area contributed by atoms with Crippen molar-refractivity contribution in [2.45, 2.75) is 31.2 Å². The molecule has 3 N–H and O–H groups in total. The van der Waals surface area contributed by atoms with E-state index < -0.39 is 11.5 Å². The Kier molecular flexibility index (Phi) is 5.19. The van der Waals surface area contributed by atoms with Gasteiger partial charge in [-0.1, -0.05) is 0 Å². The molecular weight excluding hydrogens is 262 g/mol. The Morgan fingerprint density at radius 1 is 1.25 bits per heavy atom. The van der Waals surface area contributed by atoms with Crippen molar-refractivity contribution < 1.29 is 19.4 Å². The summed E-state index contributed by atoms with van der Waals surface area (Å²) in [7, 11) is 0. The number of nitrogens with zero attached hydrogens (tertiary/aromatic N) is 1. The molecule has 0 bridgehead atoms. The van der Waals surface area contributed by atoms with Crippen LogP contribution in [-0.4, -0.2) is 66.9 Å². The van der Waals surface area contributed by atoms with Gasteiger partial charge >= 0.3 is 12.0 Å². The van der Waals surface area contributed by atoms with Crippen LogP contribution in [0.15, 0.2) is 0 Å². The van der Waals surface area contributed by atoms with Gasteiger partial charge in [-0.05, 0) is 32.2 Å². The van der Waals surface area contributed by atoms with Gasteiger partial charge in [-0.25, -0.2) is 9.59 Å². The van der Waals surface area contributed by atoms with Gasteiger partial charge in [0.15, 0.2) is 0 Å². The van der Waals surface area contributed by atoms with Gasteiger partial charge in [0, 0.05) is 19.6 Å². The summed E-state index contributed by atoms with van der Waals surface area (Å²) in [6.07, 6.45) is 2.74. The number of hydrogen-bond acceptors (Lipinski definition) is 4. The fourth-order valence-electron chi connectivity index (χ4n) is 2.51. The van der Waals surface area contributed by atoms with Gasteiger partial charge in [-0.2, -0.15) is 0 Å². The van der Waals surface area contributed by atoms with E-state index in [1.165, 1.54) is 0 Å². The fraction of sp³-hybridized carbons (Fsp3) is 0.846. The lowest BCUT2D eigenvalue weighted by molar-refractivity contribution is -0.148. The average molecular weight is 285 g/mol. The fourth-order valence-corrected chi connectivity index (χ4v) is 2.51. The molecular formula is C13H23N3O4. The van der Waals surface area contributed by atoms with E-state index in [4.69, 9.17) is 9.84 Å². The second kappa shape index (κ2) is 6.90. The Bertz CT molecular complexity index is 352. The number of carboxylic acids is 1. The molecule has 0 aromatic heterocycles. The molecule has 2 aliphatic rings. The van der Waals surface area contributed by atoms with Crippen molar-refractivity contribution in [3.8, 4) is 0 Å². The van der Waals surface area contributed by atoms with Crippen LogP contribution in [0.25, 0.3) is 0 Å². The van der Waals surface area contributed by atoms with Crippen LogP contribution in [0.3, 0.4) is 0 Å². The zero-order valence-corrected chi connectivity index (χ0v) is 11.7. The molecule has 1 saturated heterocycles. The summed E-state index contributed by atoms with van der Waals surface area (Å²) in [4.78, 5) is 25.1. The largest absolute Gasteiger partial charge is 0.480 e. The van der Waals surface area contributed by atoms with E-state index in [1.807, 2.05) is 0 Å². The third kappa shape index (κ3) is 3.83. The van der Waals surface area contributed by atoms with E-state index in [2.05, 4.69) is 15.5 Å². The number of urea groups is 1. The summed E-state index contributed by atoms with van der Waals surface area (Å²) in [5.74, 6) is -0.938. The number of nitrogens with one attached hydrogen (secondary N) is 2. The van der Waals surface area contributed by atoms with E-state index in [1.54, 1.807) is 0 Å². The second-order valence-corrected chi connectivity index (χ2v) is 5.43. The number of ether oxygens (including phenoxy) is 1. The minimum Gasteiger partial charge on any atom is -0.480 e. The molecule has 7 nitrogen and oxygen atoms in total. The lowest BCUT2D eigenvalue weighted by atomic mass is 9.77. The van der Waals surface area contributed by atoms with Gasteiger partial charge in [-0.3, -0.25) is 4.90 Å². The summed E-state index contributed by atoms with van der Waals surface area (Å²) >= 11 is 0. The highest BCUT2D eigenvalue weighted by Gasteiger charge is 2.45. The molecule has 7 heteroatoms. The number of carbonyl (C=O) groups is 2. The summed E-state index contributed by atoms with van der Waals surface area (Å²) in [6, 6.07) is -0.380. The molecule has 1 aliphatic heterocycles. The number of rotatable bonds is 6. The van der Waals surface area contributed by atoms with Gasteiger partial charge in [0.1, 0.15) is 5.54 Å². The highest BCUT2D eigenvalue weighted by atomic mass is 16.5. The molecule has 0 aromatic rings. The smallest absolute Gasteiger partial charge is 0.329 e. The Morgan fingerprint density at radius 2 is 1.95 bits per heavy atom. The molecule has 2 amide bonds. The zero-order valence-electron chi connectivity index (χ0n) is 11.7. The highest BCUT2D eigenvalue weighted by molar-refractivity contribution is 5.87. The van der Waals surface area contributed by atoms with Gasteiger partial charge < -0.3 is 20.5 Å². The molecule has 0 radical (unpaired) electrons. The molecule has 1 aliphatic carbocycles. The highest BCUT2D eigenvalue weighted by Crippen LogP contribution is 2.31. The lowest BCUT2D eigenvalue weighted by Gasteiger charge is -2.38. The topological polar surface area (TPSA) is 90.9 Å². The van der Waals surface area contributed by atoms with E-state index in [-0.39, 0.29) is 6.03 Å².